The Kier molecular flexibility index (Phi) is 5.79. The summed E-state index contributed by atoms with van der Waals surface area (Å²) in [6.45, 7) is 0. The van der Waals surface area contributed by atoms with Crippen molar-refractivity contribution < 1.29 is 27.6 Å². The first-order valence-electron chi connectivity index (χ1n) is 10.6. The highest BCUT2D eigenvalue weighted by atomic mass is 19.4. The average Bonchev–Trinajstić information content (AvgIpc) is 3.06. The Balaban J connectivity index is 1.55. The molecular weight excluding hydrogens is 421 g/mol. The number of amides is 2. The molecule has 1 aliphatic carbocycles. The van der Waals surface area contributed by atoms with E-state index >= 15 is 0 Å². The van der Waals surface area contributed by atoms with E-state index in [1.165, 1.54) is 37.5 Å². The first kappa shape index (κ1) is 22.0. The fourth-order valence-corrected chi connectivity index (χ4v) is 4.66. The molecule has 1 aliphatic heterocycles. The number of nitrogens with one attached hydrogen (secondary N) is 2. The van der Waals surface area contributed by atoms with Gasteiger partial charge in [0, 0.05) is 5.69 Å². The molecule has 0 bridgehead atoms. The van der Waals surface area contributed by atoms with Gasteiger partial charge in [-0.05, 0) is 42.0 Å². The molecule has 8 heteroatoms. The molecule has 0 spiro atoms. The first-order valence-corrected chi connectivity index (χ1v) is 10.6. The van der Waals surface area contributed by atoms with Crippen molar-refractivity contribution in [3.8, 4) is 0 Å². The molecule has 4 rings (SSSR count). The van der Waals surface area contributed by atoms with Gasteiger partial charge in [0.1, 0.15) is 0 Å². The van der Waals surface area contributed by atoms with Crippen molar-refractivity contribution in [1.82, 2.24) is 5.32 Å². The minimum Gasteiger partial charge on any atom is -0.331 e. The van der Waals surface area contributed by atoms with Gasteiger partial charge in [0.05, 0.1) is 0 Å². The number of carbonyl (C=O) groups excluding carboxylic acids is 3. The lowest BCUT2D eigenvalue weighted by molar-refractivity contribution is -0.197. The zero-order valence-electron chi connectivity index (χ0n) is 17.2. The average molecular weight is 444 g/mol. The number of halogens is 3. The fraction of sp³-hybridized carbons (Fsp3) is 0.375. The maximum Gasteiger partial charge on any atom is 0.423 e. The van der Waals surface area contributed by atoms with Crippen LogP contribution in [0.3, 0.4) is 0 Å². The molecule has 0 aromatic heterocycles. The molecule has 32 heavy (non-hydrogen) atoms. The fourth-order valence-electron chi connectivity index (χ4n) is 4.66. The third-order valence-corrected chi connectivity index (χ3v) is 6.35. The third-order valence-electron chi connectivity index (χ3n) is 6.35. The van der Waals surface area contributed by atoms with Gasteiger partial charge in [-0.1, -0.05) is 61.7 Å². The Morgan fingerprint density at radius 1 is 0.938 bits per heavy atom. The highest BCUT2D eigenvalue weighted by molar-refractivity contribution is 6.28. The van der Waals surface area contributed by atoms with E-state index in [1.54, 1.807) is 17.4 Å². The minimum atomic E-state index is -5.11. The van der Waals surface area contributed by atoms with Gasteiger partial charge < -0.3 is 10.6 Å². The highest BCUT2D eigenvalue weighted by Crippen LogP contribution is 2.45. The minimum absolute atomic E-state index is 0.319. The van der Waals surface area contributed by atoms with Gasteiger partial charge >= 0.3 is 6.18 Å². The summed E-state index contributed by atoms with van der Waals surface area (Å²) in [5.41, 5.74) is -2.23. The van der Waals surface area contributed by atoms with Gasteiger partial charge in [-0.25, -0.2) is 0 Å². The van der Waals surface area contributed by atoms with E-state index in [2.05, 4.69) is 5.32 Å². The van der Waals surface area contributed by atoms with Crippen LogP contribution >= 0.6 is 0 Å². The molecule has 2 N–H and O–H groups in total. The van der Waals surface area contributed by atoms with Crippen molar-refractivity contribution in [2.45, 2.75) is 49.7 Å². The molecule has 1 saturated carbocycles. The van der Waals surface area contributed by atoms with E-state index in [1.807, 2.05) is 12.1 Å². The molecule has 5 nitrogen and oxygen atoms in total. The van der Waals surface area contributed by atoms with Gasteiger partial charge in [0.2, 0.25) is 17.4 Å². The summed E-state index contributed by atoms with van der Waals surface area (Å²) in [6, 6.07) is 13.4. The van der Waals surface area contributed by atoms with Crippen LogP contribution in [0, 0.1) is 5.92 Å². The number of anilines is 1. The number of Topliss-reactive ketones (excluding diaryl/α,β-unsaturated/α-hetero) is 1. The van der Waals surface area contributed by atoms with Crippen LogP contribution in [0.1, 0.15) is 49.1 Å². The Bertz CT molecular complexity index is 1020. The molecule has 2 unspecified atom stereocenters. The topological polar surface area (TPSA) is 75.3 Å². The zero-order chi connectivity index (χ0) is 22.9. The lowest BCUT2D eigenvalue weighted by Gasteiger charge is -2.30. The number of hydrogen-bond donors (Lipinski definition) is 2. The summed E-state index contributed by atoms with van der Waals surface area (Å²) in [5.74, 6) is -5.53. The predicted octanol–water partition coefficient (Wildman–Crippen LogP) is 4.45. The number of carbonyl (C=O) groups is 3. The van der Waals surface area contributed by atoms with Crippen LogP contribution in [0.5, 0.6) is 0 Å². The maximum absolute atomic E-state index is 14.0. The summed E-state index contributed by atoms with van der Waals surface area (Å²) in [7, 11) is 0. The van der Waals surface area contributed by atoms with Crippen molar-refractivity contribution >= 4 is 23.3 Å². The molecule has 2 atom stereocenters. The number of rotatable bonds is 4. The van der Waals surface area contributed by atoms with E-state index in [-0.39, 0.29) is 0 Å². The molecule has 2 aromatic rings. The Hall–Kier alpha value is -3.16. The summed E-state index contributed by atoms with van der Waals surface area (Å²) in [5, 5.41) is 4.20. The van der Waals surface area contributed by atoms with E-state index < -0.39 is 40.8 Å². The van der Waals surface area contributed by atoms with Crippen molar-refractivity contribution in [2.75, 3.05) is 5.32 Å². The van der Waals surface area contributed by atoms with Crippen LogP contribution in [-0.2, 0) is 19.9 Å². The molecule has 1 heterocycles. The number of alkyl halides is 3. The molecule has 0 radical (unpaired) electrons. The lowest BCUT2D eigenvalue weighted by Crippen LogP contribution is -2.55. The van der Waals surface area contributed by atoms with E-state index in [4.69, 9.17) is 0 Å². The SMILES string of the molecule is O=C(Nc1ccc(C2CCCCC2)cc1)C1C(=O)NC(c2ccccc2)(C(F)(F)F)C1=O. The van der Waals surface area contributed by atoms with Crippen molar-refractivity contribution in [3.05, 3.63) is 65.7 Å². The normalized spacial score (nSPS) is 24.3. The van der Waals surface area contributed by atoms with Crippen LogP contribution < -0.4 is 10.6 Å². The van der Waals surface area contributed by atoms with Crippen molar-refractivity contribution in [2.24, 2.45) is 5.92 Å². The van der Waals surface area contributed by atoms with Crippen LogP contribution in [0.4, 0.5) is 18.9 Å². The molecule has 1 saturated heterocycles. The molecule has 2 aromatic carbocycles. The smallest absolute Gasteiger partial charge is 0.331 e. The van der Waals surface area contributed by atoms with Crippen molar-refractivity contribution in [3.63, 3.8) is 0 Å². The second kappa shape index (κ2) is 8.41. The molecule has 168 valence electrons. The van der Waals surface area contributed by atoms with Gasteiger partial charge in [0.15, 0.2) is 11.7 Å². The largest absolute Gasteiger partial charge is 0.423 e. The predicted molar refractivity (Wildman–Crippen MR) is 112 cm³/mol. The molecule has 2 fully saturated rings. The second-order valence-electron chi connectivity index (χ2n) is 8.35. The van der Waals surface area contributed by atoms with Crippen molar-refractivity contribution in [1.29, 1.82) is 0 Å². The van der Waals surface area contributed by atoms with Crippen LogP contribution in [0.15, 0.2) is 54.6 Å². The Morgan fingerprint density at radius 3 is 2.16 bits per heavy atom. The van der Waals surface area contributed by atoms with Gasteiger partial charge in [-0.2, -0.15) is 13.2 Å². The number of ketones is 1. The Morgan fingerprint density at radius 2 is 1.56 bits per heavy atom. The highest BCUT2D eigenvalue weighted by Gasteiger charge is 2.69. The number of benzene rings is 2. The van der Waals surface area contributed by atoms with E-state index in [0.29, 0.717) is 11.6 Å². The quantitative estimate of drug-likeness (QED) is 0.685. The lowest BCUT2D eigenvalue weighted by atomic mass is 9.83. The third kappa shape index (κ3) is 3.78. The zero-order valence-corrected chi connectivity index (χ0v) is 17.2. The van der Waals surface area contributed by atoms with Gasteiger partial charge in [-0.3, -0.25) is 14.4 Å². The molecule has 2 aliphatic rings. The maximum atomic E-state index is 14.0. The van der Waals surface area contributed by atoms with Crippen LogP contribution in [0.2, 0.25) is 0 Å². The van der Waals surface area contributed by atoms with Crippen LogP contribution in [0.25, 0.3) is 0 Å². The Labute approximate surface area is 183 Å². The monoisotopic (exact) mass is 444 g/mol. The standard InChI is InChI=1S/C24H23F3N2O3/c25-24(26,27)23(17-9-5-2-6-10-17)20(30)19(22(32)29-23)21(31)28-18-13-11-16(12-14-18)15-7-3-1-4-8-15/h2,5-6,9-15,19H,1,3-4,7-8H2,(H,28,31)(H,29,32). The second-order valence-corrected chi connectivity index (χ2v) is 8.35. The summed E-state index contributed by atoms with van der Waals surface area (Å²) < 4.78 is 42.1. The van der Waals surface area contributed by atoms with Gasteiger partial charge in [-0.15, -0.1) is 0 Å². The van der Waals surface area contributed by atoms with Gasteiger partial charge in [0.25, 0.3) is 0 Å². The summed E-state index contributed by atoms with van der Waals surface area (Å²) in [6.07, 6.45) is 0.653. The van der Waals surface area contributed by atoms with Crippen LogP contribution in [-0.4, -0.2) is 23.8 Å². The summed E-state index contributed by atoms with van der Waals surface area (Å²) >= 11 is 0. The molecule has 2 amide bonds. The molecular formula is C24H23F3N2O3. The first-order chi connectivity index (χ1) is 15.2. The van der Waals surface area contributed by atoms with E-state index in [9.17, 15) is 27.6 Å². The summed E-state index contributed by atoms with van der Waals surface area (Å²) in [4.78, 5) is 38.0. The number of hydrogen-bond acceptors (Lipinski definition) is 3. The van der Waals surface area contributed by atoms with E-state index in [0.717, 1.165) is 30.5 Å².